The largest absolute Gasteiger partial charge is 0.478 e. The smallest absolute Gasteiger partial charge is 0.335 e. The number of hydrogen-bond acceptors (Lipinski definition) is 2. The highest BCUT2D eigenvalue weighted by molar-refractivity contribution is 5.94. The molecule has 2 amide bonds. The zero-order valence-electron chi connectivity index (χ0n) is 12.7. The summed E-state index contributed by atoms with van der Waals surface area (Å²) in [4.78, 5) is 23.0. The molecule has 1 saturated carbocycles. The van der Waals surface area contributed by atoms with E-state index in [0.717, 1.165) is 24.8 Å². The molecule has 0 heterocycles. The fourth-order valence-electron chi connectivity index (χ4n) is 2.79. The van der Waals surface area contributed by atoms with E-state index >= 15 is 0 Å². The number of hydrogen-bond donors (Lipinski definition) is 3. The standard InChI is InChI=1S/C16H22N2O3/c1-10-4-5-11(14(19)20)8-13(10)18-15(21)17-12-6-7-16(2,3)9-12/h4-5,8,12H,6-7,9H2,1-3H3,(H,19,20)(H2,17,18,21). The minimum Gasteiger partial charge on any atom is -0.478 e. The van der Waals surface area contributed by atoms with Gasteiger partial charge in [0.1, 0.15) is 0 Å². The van der Waals surface area contributed by atoms with Crippen LogP contribution in [0.5, 0.6) is 0 Å². The van der Waals surface area contributed by atoms with Crippen LogP contribution in [0.1, 0.15) is 49.0 Å². The van der Waals surface area contributed by atoms with Crippen molar-refractivity contribution in [1.29, 1.82) is 0 Å². The lowest BCUT2D eigenvalue weighted by molar-refractivity contribution is 0.0697. The zero-order chi connectivity index (χ0) is 15.6. The molecular weight excluding hydrogens is 268 g/mol. The number of carbonyl (C=O) groups excluding carboxylic acids is 1. The SMILES string of the molecule is Cc1ccc(C(=O)O)cc1NC(=O)NC1CCC(C)(C)C1. The van der Waals surface area contributed by atoms with Crippen molar-refractivity contribution in [3.05, 3.63) is 29.3 Å². The molecular formula is C16H22N2O3. The third-order valence-corrected chi connectivity index (χ3v) is 4.04. The molecule has 1 unspecified atom stereocenters. The highest BCUT2D eigenvalue weighted by Gasteiger charge is 2.31. The number of rotatable bonds is 3. The molecule has 0 aliphatic heterocycles. The van der Waals surface area contributed by atoms with Gasteiger partial charge in [-0.15, -0.1) is 0 Å². The van der Waals surface area contributed by atoms with Gasteiger partial charge in [0.2, 0.25) is 0 Å². The van der Waals surface area contributed by atoms with Crippen LogP contribution >= 0.6 is 0 Å². The molecule has 1 aromatic rings. The van der Waals surface area contributed by atoms with Crippen LogP contribution < -0.4 is 10.6 Å². The second-order valence-corrected chi connectivity index (χ2v) is 6.54. The van der Waals surface area contributed by atoms with Crippen molar-refractivity contribution in [1.82, 2.24) is 5.32 Å². The Labute approximate surface area is 124 Å². The second-order valence-electron chi connectivity index (χ2n) is 6.54. The lowest BCUT2D eigenvalue weighted by Crippen LogP contribution is -2.37. The summed E-state index contributed by atoms with van der Waals surface area (Å²) in [6, 6.07) is 4.61. The Morgan fingerprint density at radius 1 is 1.33 bits per heavy atom. The number of anilines is 1. The average molecular weight is 290 g/mol. The third kappa shape index (κ3) is 3.97. The summed E-state index contributed by atoms with van der Waals surface area (Å²) in [7, 11) is 0. The maximum Gasteiger partial charge on any atom is 0.335 e. The first-order valence-electron chi connectivity index (χ1n) is 7.18. The van der Waals surface area contributed by atoms with Crippen LogP contribution in [-0.2, 0) is 0 Å². The van der Waals surface area contributed by atoms with Crippen LogP contribution in [0, 0.1) is 12.3 Å². The fourth-order valence-corrected chi connectivity index (χ4v) is 2.79. The Morgan fingerprint density at radius 2 is 2.05 bits per heavy atom. The molecule has 0 radical (unpaired) electrons. The summed E-state index contributed by atoms with van der Waals surface area (Å²) in [5.74, 6) is -1.00. The second kappa shape index (κ2) is 5.76. The predicted molar refractivity (Wildman–Crippen MR) is 81.7 cm³/mol. The minimum absolute atomic E-state index is 0.165. The van der Waals surface area contributed by atoms with E-state index in [1.54, 1.807) is 6.07 Å². The Kier molecular flexibility index (Phi) is 4.21. The average Bonchev–Trinajstić information content (AvgIpc) is 2.71. The van der Waals surface area contributed by atoms with Gasteiger partial charge in [0, 0.05) is 11.7 Å². The van der Waals surface area contributed by atoms with Crippen molar-refractivity contribution in [3.8, 4) is 0 Å². The molecule has 1 aliphatic rings. The number of benzene rings is 1. The summed E-state index contributed by atoms with van der Waals surface area (Å²) in [6.07, 6.45) is 3.05. The van der Waals surface area contributed by atoms with Crippen molar-refractivity contribution in [2.45, 2.75) is 46.1 Å². The fraction of sp³-hybridized carbons (Fsp3) is 0.500. The molecule has 114 valence electrons. The number of nitrogens with one attached hydrogen (secondary N) is 2. The van der Waals surface area contributed by atoms with Crippen molar-refractivity contribution in [3.63, 3.8) is 0 Å². The van der Waals surface area contributed by atoms with Gasteiger partial charge in [-0.2, -0.15) is 0 Å². The van der Waals surface area contributed by atoms with Gasteiger partial charge in [0.05, 0.1) is 5.56 Å². The van der Waals surface area contributed by atoms with Gasteiger partial charge >= 0.3 is 12.0 Å². The van der Waals surface area contributed by atoms with Crippen LogP contribution in [0.25, 0.3) is 0 Å². The topological polar surface area (TPSA) is 78.4 Å². The molecule has 3 N–H and O–H groups in total. The van der Waals surface area contributed by atoms with Crippen LogP contribution in [0.2, 0.25) is 0 Å². The Bertz CT molecular complexity index is 567. The quantitative estimate of drug-likeness (QED) is 0.798. The third-order valence-electron chi connectivity index (χ3n) is 4.04. The summed E-state index contributed by atoms with van der Waals surface area (Å²) < 4.78 is 0. The first-order chi connectivity index (χ1) is 9.77. The van der Waals surface area contributed by atoms with Gasteiger partial charge in [-0.05, 0) is 49.3 Å². The lowest BCUT2D eigenvalue weighted by Gasteiger charge is -2.18. The molecule has 2 rings (SSSR count). The van der Waals surface area contributed by atoms with Crippen molar-refractivity contribution >= 4 is 17.7 Å². The zero-order valence-corrected chi connectivity index (χ0v) is 12.7. The Morgan fingerprint density at radius 3 is 2.62 bits per heavy atom. The van der Waals surface area contributed by atoms with Gasteiger partial charge in [0.25, 0.3) is 0 Å². The van der Waals surface area contributed by atoms with Crippen LogP contribution in [0.3, 0.4) is 0 Å². The molecule has 21 heavy (non-hydrogen) atoms. The molecule has 0 bridgehead atoms. The van der Waals surface area contributed by atoms with E-state index in [1.807, 2.05) is 6.92 Å². The van der Waals surface area contributed by atoms with Crippen LogP contribution in [-0.4, -0.2) is 23.1 Å². The maximum atomic E-state index is 12.0. The van der Waals surface area contributed by atoms with E-state index in [-0.39, 0.29) is 23.1 Å². The summed E-state index contributed by atoms with van der Waals surface area (Å²) in [5.41, 5.74) is 1.81. The van der Waals surface area contributed by atoms with E-state index in [0.29, 0.717) is 5.69 Å². The van der Waals surface area contributed by atoms with E-state index in [9.17, 15) is 9.59 Å². The lowest BCUT2D eigenvalue weighted by atomic mass is 9.92. The van der Waals surface area contributed by atoms with Gasteiger partial charge in [-0.25, -0.2) is 9.59 Å². The first kappa shape index (κ1) is 15.4. The van der Waals surface area contributed by atoms with Crippen molar-refractivity contribution in [2.24, 2.45) is 5.41 Å². The van der Waals surface area contributed by atoms with Crippen molar-refractivity contribution in [2.75, 3.05) is 5.32 Å². The van der Waals surface area contributed by atoms with Gasteiger partial charge < -0.3 is 15.7 Å². The molecule has 1 fully saturated rings. The highest BCUT2D eigenvalue weighted by Crippen LogP contribution is 2.36. The molecule has 0 saturated heterocycles. The first-order valence-corrected chi connectivity index (χ1v) is 7.18. The van der Waals surface area contributed by atoms with Gasteiger partial charge in [-0.1, -0.05) is 19.9 Å². The van der Waals surface area contributed by atoms with E-state index in [2.05, 4.69) is 24.5 Å². The normalized spacial score (nSPS) is 20.0. The number of urea groups is 1. The molecule has 1 aliphatic carbocycles. The molecule has 5 nitrogen and oxygen atoms in total. The monoisotopic (exact) mass is 290 g/mol. The maximum absolute atomic E-state index is 12.0. The van der Waals surface area contributed by atoms with E-state index in [4.69, 9.17) is 5.11 Å². The van der Waals surface area contributed by atoms with Crippen LogP contribution in [0.4, 0.5) is 10.5 Å². The number of carbonyl (C=O) groups is 2. The Hall–Kier alpha value is -2.04. The van der Waals surface area contributed by atoms with Crippen LogP contribution in [0.15, 0.2) is 18.2 Å². The molecule has 0 aromatic heterocycles. The summed E-state index contributed by atoms with van der Waals surface area (Å²) in [6.45, 7) is 6.24. The van der Waals surface area contributed by atoms with E-state index in [1.165, 1.54) is 12.1 Å². The highest BCUT2D eigenvalue weighted by atomic mass is 16.4. The van der Waals surface area contributed by atoms with E-state index < -0.39 is 5.97 Å². The van der Waals surface area contributed by atoms with Gasteiger partial charge in [-0.3, -0.25) is 0 Å². The summed E-state index contributed by atoms with van der Waals surface area (Å²) >= 11 is 0. The molecule has 5 heteroatoms. The Balaban J connectivity index is 2.00. The number of carboxylic acid groups (broad SMARTS) is 1. The molecule has 1 aromatic carbocycles. The summed E-state index contributed by atoms with van der Waals surface area (Å²) in [5, 5.41) is 14.7. The number of aryl methyl sites for hydroxylation is 1. The predicted octanol–water partition coefficient (Wildman–Crippen LogP) is 3.39. The number of carboxylic acids is 1. The van der Waals surface area contributed by atoms with Gasteiger partial charge in [0.15, 0.2) is 0 Å². The molecule has 1 atom stereocenters. The number of aromatic carboxylic acids is 1. The number of amides is 2. The minimum atomic E-state index is -1.00. The van der Waals surface area contributed by atoms with Crippen molar-refractivity contribution < 1.29 is 14.7 Å². The molecule has 0 spiro atoms.